The molecule has 6 heteroatoms. The SMILES string of the molecule is CCOCc1cc(OC)c(-c2ccc(CC(N)C(=O)O)cc2)c(OC)c1. The van der Waals surface area contributed by atoms with Gasteiger partial charge in [0.05, 0.1) is 26.4 Å². The van der Waals surface area contributed by atoms with Crippen LogP contribution in [-0.4, -0.2) is 37.9 Å². The summed E-state index contributed by atoms with van der Waals surface area (Å²) in [4.78, 5) is 10.9. The minimum absolute atomic E-state index is 0.275. The van der Waals surface area contributed by atoms with E-state index in [2.05, 4.69) is 0 Å². The fraction of sp³-hybridized carbons (Fsp3) is 0.350. The largest absolute Gasteiger partial charge is 0.496 e. The maximum Gasteiger partial charge on any atom is 0.320 e. The van der Waals surface area contributed by atoms with Crippen molar-refractivity contribution in [2.75, 3.05) is 20.8 Å². The van der Waals surface area contributed by atoms with E-state index in [1.807, 2.05) is 43.3 Å². The molecule has 0 heterocycles. The third-order valence-corrected chi connectivity index (χ3v) is 4.05. The number of carboxylic acids is 1. The molecule has 2 rings (SSSR count). The van der Waals surface area contributed by atoms with Crippen molar-refractivity contribution < 1.29 is 24.1 Å². The van der Waals surface area contributed by atoms with Crippen molar-refractivity contribution in [1.82, 2.24) is 0 Å². The summed E-state index contributed by atoms with van der Waals surface area (Å²) in [5, 5.41) is 8.93. The third kappa shape index (κ3) is 4.74. The van der Waals surface area contributed by atoms with Gasteiger partial charge in [-0.2, -0.15) is 0 Å². The van der Waals surface area contributed by atoms with Crippen LogP contribution in [-0.2, 0) is 22.6 Å². The number of rotatable bonds is 9. The predicted octanol–water partition coefficient (Wildman–Crippen LogP) is 2.86. The van der Waals surface area contributed by atoms with Gasteiger partial charge in [0.15, 0.2) is 0 Å². The van der Waals surface area contributed by atoms with Crippen molar-refractivity contribution in [3.63, 3.8) is 0 Å². The number of methoxy groups -OCH3 is 2. The average Bonchev–Trinajstić information content (AvgIpc) is 2.66. The molecule has 2 aromatic carbocycles. The fourth-order valence-corrected chi connectivity index (χ4v) is 2.70. The van der Waals surface area contributed by atoms with Crippen LogP contribution >= 0.6 is 0 Å². The standard InChI is InChI=1S/C20H25NO5/c1-4-26-12-14-10-17(24-2)19(18(11-14)25-3)15-7-5-13(6-8-15)9-16(21)20(22)23/h5-8,10-11,16H,4,9,12,21H2,1-3H3,(H,22,23). The van der Waals surface area contributed by atoms with Crippen LogP contribution in [0.1, 0.15) is 18.1 Å². The van der Waals surface area contributed by atoms with Gasteiger partial charge in [-0.1, -0.05) is 24.3 Å². The first kappa shape index (κ1) is 19.8. The zero-order valence-electron chi connectivity index (χ0n) is 15.3. The molecule has 0 fully saturated rings. The third-order valence-electron chi connectivity index (χ3n) is 4.05. The zero-order valence-corrected chi connectivity index (χ0v) is 15.3. The van der Waals surface area contributed by atoms with E-state index in [0.29, 0.717) is 24.7 Å². The van der Waals surface area contributed by atoms with E-state index in [9.17, 15) is 4.79 Å². The molecule has 3 N–H and O–H groups in total. The van der Waals surface area contributed by atoms with Gasteiger partial charge < -0.3 is 25.1 Å². The lowest BCUT2D eigenvalue weighted by atomic mass is 9.98. The van der Waals surface area contributed by atoms with E-state index in [0.717, 1.165) is 22.3 Å². The molecule has 6 nitrogen and oxygen atoms in total. The minimum Gasteiger partial charge on any atom is -0.496 e. The van der Waals surface area contributed by atoms with Gasteiger partial charge in [-0.25, -0.2) is 0 Å². The lowest BCUT2D eigenvalue weighted by Gasteiger charge is -2.16. The second kappa shape index (κ2) is 9.22. The number of aliphatic carboxylic acids is 1. The Bertz CT molecular complexity index is 717. The van der Waals surface area contributed by atoms with Crippen LogP contribution in [0.25, 0.3) is 11.1 Å². The molecule has 0 aliphatic carbocycles. The summed E-state index contributed by atoms with van der Waals surface area (Å²) in [7, 11) is 3.23. The van der Waals surface area contributed by atoms with Crippen LogP contribution in [0.3, 0.4) is 0 Å². The Balaban J connectivity index is 2.35. The van der Waals surface area contributed by atoms with Gasteiger partial charge in [-0.15, -0.1) is 0 Å². The molecule has 140 valence electrons. The molecule has 2 aromatic rings. The first-order valence-electron chi connectivity index (χ1n) is 8.40. The average molecular weight is 359 g/mol. The molecule has 0 aromatic heterocycles. The van der Waals surface area contributed by atoms with Gasteiger partial charge in [-0.3, -0.25) is 4.79 Å². The molecule has 0 radical (unpaired) electrons. The lowest BCUT2D eigenvalue weighted by molar-refractivity contribution is -0.138. The summed E-state index contributed by atoms with van der Waals surface area (Å²) in [5.41, 5.74) is 9.17. The number of hydrogen-bond donors (Lipinski definition) is 2. The number of ether oxygens (including phenoxy) is 3. The highest BCUT2D eigenvalue weighted by Crippen LogP contribution is 2.39. The van der Waals surface area contributed by atoms with Crippen molar-refractivity contribution in [1.29, 1.82) is 0 Å². The van der Waals surface area contributed by atoms with E-state index in [1.54, 1.807) is 14.2 Å². The highest BCUT2D eigenvalue weighted by Gasteiger charge is 2.16. The summed E-state index contributed by atoms with van der Waals surface area (Å²) in [5.74, 6) is 0.366. The van der Waals surface area contributed by atoms with Gasteiger partial charge in [0.25, 0.3) is 0 Å². The summed E-state index contributed by atoms with van der Waals surface area (Å²) in [6, 6.07) is 10.5. The molecule has 0 saturated carbocycles. The Kier molecular flexibility index (Phi) is 7.00. The van der Waals surface area contributed by atoms with Crippen LogP contribution in [0.5, 0.6) is 11.5 Å². The monoisotopic (exact) mass is 359 g/mol. The molecule has 0 aliphatic heterocycles. The Labute approximate surface area is 153 Å². The van der Waals surface area contributed by atoms with Gasteiger partial charge in [0, 0.05) is 6.61 Å². The van der Waals surface area contributed by atoms with E-state index in [1.165, 1.54) is 0 Å². The van der Waals surface area contributed by atoms with Crippen molar-refractivity contribution in [3.8, 4) is 22.6 Å². The molecule has 1 unspecified atom stereocenters. The quantitative estimate of drug-likeness (QED) is 0.715. The second-order valence-electron chi connectivity index (χ2n) is 5.86. The van der Waals surface area contributed by atoms with E-state index < -0.39 is 12.0 Å². The molecule has 0 aliphatic rings. The first-order valence-corrected chi connectivity index (χ1v) is 8.40. The molecule has 0 saturated heterocycles. The molecule has 0 bridgehead atoms. The molecule has 0 amide bonds. The van der Waals surface area contributed by atoms with Crippen molar-refractivity contribution in [2.24, 2.45) is 5.73 Å². The number of hydrogen-bond acceptors (Lipinski definition) is 5. The van der Waals surface area contributed by atoms with Crippen LogP contribution < -0.4 is 15.2 Å². The van der Waals surface area contributed by atoms with Crippen LogP contribution in [0.2, 0.25) is 0 Å². The van der Waals surface area contributed by atoms with Gasteiger partial charge in [-0.05, 0) is 42.2 Å². The van der Waals surface area contributed by atoms with Crippen molar-refractivity contribution in [3.05, 3.63) is 47.5 Å². The molecular formula is C20H25NO5. The zero-order chi connectivity index (χ0) is 19.1. The highest BCUT2D eigenvalue weighted by molar-refractivity contribution is 5.78. The minimum atomic E-state index is -1.01. The number of carbonyl (C=O) groups is 1. The molecule has 0 spiro atoms. The molecule has 1 atom stereocenters. The summed E-state index contributed by atoms with van der Waals surface area (Å²) < 4.78 is 16.6. The number of benzene rings is 2. The maximum atomic E-state index is 10.9. The predicted molar refractivity (Wildman–Crippen MR) is 99.6 cm³/mol. The lowest BCUT2D eigenvalue weighted by Crippen LogP contribution is -2.32. The van der Waals surface area contributed by atoms with Crippen molar-refractivity contribution in [2.45, 2.75) is 26.0 Å². The Morgan fingerprint density at radius 1 is 1.08 bits per heavy atom. The van der Waals surface area contributed by atoms with Crippen molar-refractivity contribution >= 4 is 5.97 Å². The van der Waals surface area contributed by atoms with Crippen LogP contribution in [0.4, 0.5) is 0 Å². The normalized spacial score (nSPS) is 11.8. The maximum absolute atomic E-state index is 10.9. The first-order chi connectivity index (χ1) is 12.5. The van der Waals surface area contributed by atoms with E-state index >= 15 is 0 Å². The Hall–Kier alpha value is -2.57. The smallest absolute Gasteiger partial charge is 0.320 e. The topological polar surface area (TPSA) is 91.0 Å². The van der Waals surface area contributed by atoms with E-state index in [-0.39, 0.29) is 6.42 Å². The molecular weight excluding hydrogens is 334 g/mol. The van der Waals surface area contributed by atoms with Gasteiger partial charge in [0.1, 0.15) is 17.5 Å². The second-order valence-corrected chi connectivity index (χ2v) is 5.86. The van der Waals surface area contributed by atoms with Crippen LogP contribution in [0.15, 0.2) is 36.4 Å². The Morgan fingerprint density at radius 3 is 2.12 bits per heavy atom. The summed E-state index contributed by atoms with van der Waals surface area (Å²) in [6.07, 6.45) is 0.275. The van der Waals surface area contributed by atoms with Gasteiger partial charge in [0.2, 0.25) is 0 Å². The Morgan fingerprint density at radius 2 is 1.65 bits per heavy atom. The fourth-order valence-electron chi connectivity index (χ4n) is 2.70. The number of nitrogens with two attached hydrogens (primary N) is 1. The van der Waals surface area contributed by atoms with E-state index in [4.69, 9.17) is 25.1 Å². The van der Waals surface area contributed by atoms with Gasteiger partial charge >= 0.3 is 5.97 Å². The molecule has 26 heavy (non-hydrogen) atoms. The number of carboxylic acid groups (broad SMARTS) is 1. The van der Waals surface area contributed by atoms with Crippen LogP contribution in [0, 0.1) is 0 Å². The highest BCUT2D eigenvalue weighted by atomic mass is 16.5. The summed E-state index contributed by atoms with van der Waals surface area (Å²) >= 11 is 0. The summed E-state index contributed by atoms with van der Waals surface area (Å²) in [6.45, 7) is 3.06.